The van der Waals surface area contributed by atoms with Gasteiger partial charge in [0.1, 0.15) is 17.5 Å². The first kappa shape index (κ1) is 24.1. The number of hydrogen-bond acceptors (Lipinski definition) is 4. The number of Topliss-reactive ketones (excluding diaryl/α,β-unsaturated/α-hetero) is 3. The molecular formula is C24H23ClF3NO3. The van der Waals surface area contributed by atoms with E-state index in [1.165, 1.54) is 0 Å². The Labute approximate surface area is 189 Å². The molecule has 1 aliphatic rings. The van der Waals surface area contributed by atoms with Gasteiger partial charge in [-0.05, 0) is 49.9 Å². The molecule has 1 aromatic heterocycles. The molecule has 1 heterocycles. The van der Waals surface area contributed by atoms with Crippen LogP contribution in [0.5, 0.6) is 0 Å². The zero-order chi connectivity index (χ0) is 23.8. The van der Waals surface area contributed by atoms with Crippen LogP contribution in [0, 0.1) is 26.7 Å². The van der Waals surface area contributed by atoms with E-state index in [4.69, 9.17) is 11.6 Å². The number of halogens is 4. The van der Waals surface area contributed by atoms with E-state index in [1.807, 2.05) is 32.9 Å². The van der Waals surface area contributed by atoms with E-state index in [-0.39, 0.29) is 53.7 Å². The second-order valence-corrected chi connectivity index (χ2v) is 8.82. The topological polar surface area (TPSA) is 64.1 Å². The Balaban J connectivity index is 1.65. The molecule has 0 radical (unpaired) electrons. The predicted octanol–water partition coefficient (Wildman–Crippen LogP) is 5.51. The van der Waals surface area contributed by atoms with Crippen LogP contribution in [0.4, 0.5) is 13.2 Å². The highest BCUT2D eigenvalue weighted by Crippen LogP contribution is 2.38. The largest absolute Gasteiger partial charge is 0.417 e. The number of carbonyl (C=O) groups excluding carboxylic acids is 3. The zero-order valence-electron chi connectivity index (χ0n) is 18.0. The summed E-state index contributed by atoms with van der Waals surface area (Å²) in [7, 11) is 0. The standard InChI is InChI=1S/C24H23ClF3NO3/c1-12-6-13(2)21(14(3)7-12)22-20(31)9-15(23(22)32)8-17(30)4-5-19-18(25)10-16(11-29-19)24(26,27)28/h6-7,10-11,15,22H,4-5,8-9H2,1-3H3. The van der Waals surface area contributed by atoms with Gasteiger partial charge in [0.25, 0.3) is 0 Å². The van der Waals surface area contributed by atoms with E-state index in [1.54, 1.807) is 0 Å². The van der Waals surface area contributed by atoms with Crippen LogP contribution in [0.25, 0.3) is 0 Å². The van der Waals surface area contributed by atoms with Crippen molar-refractivity contribution in [2.24, 2.45) is 5.92 Å². The number of rotatable bonds is 6. The molecule has 1 aliphatic carbocycles. The minimum Gasteiger partial charge on any atom is -0.300 e. The molecule has 2 atom stereocenters. The maximum atomic E-state index is 13.0. The van der Waals surface area contributed by atoms with Gasteiger partial charge >= 0.3 is 6.18 Å². The van der Waals surface area contributed by atoms with Crippen LogP contribution < -0.4 is 0 Å². The summed E-state index contributed by atoms with van der Waals surface area (Å²) in [6.45, 7) is 5.69. The Morgan fingerprint density at radius 3 is 2.31 bits per heavy atom. The summed E-state index contributed by atoms with van der Waals surface area (Å²) in [6.07, 6.45) is -3.90. The Morgan fingerprint density at radius 1 is 1.12 bits per heavy atom. The molecule has 2 aromatic rings. The van der Waals surface area contributed by atoms with Crippen molar-refractivity contribution in [2.75, 3.05) is 0 Å². The van der Waals surface area contributed by atoms with Crippen molar-refractivity contribution in [3.05, 3.63) is 62.9 Å². The van der Waals surface area contributed by atoms with Crippen LogP contribution in [0.1, 0.15) is 58.7 Å². The molecule has 1 saturated carbocycles. The lowest BCUT2D eigenvalue weighted by Gasteiger charge is -2.16. The van der Waals surface area contributed by atoms with Crippen LogP contribution >= 0.6 is 11.6 Å². The van der Waals surface area contributed by atoms with Gasteiger partial charge in [0.2, 0.25) is 0 Å². The molecular weight excluding hydrogens is 443 g/mol. The van der Waals surface area contributed by atoms with Gasteiger partial charge in [-0.1, -0.05) is 29.3 Å². The fourth-order valence-corrected chi connectivity index (χ4v) is 4.68. The number of hydrogen-bond donors (Lipinski definition) is 0. The minimum atomic E-state index is -4.55. The Kier molecular flexibility index (Phi) is 6.89. The SMILES string of the molecule is Cc1cc(C)c(C2C(=O)CC(CC(=O)CCc3ncc(C(F)(F)F)cc3Cl)C2=O)c(C)c1. The van der Waals surface area contributed by atoms with Gasteiger partial charge in [0.15, 0.2) is 5.78 Å². The highest BCUT2D eigenvalue weighted by molar-refractivity contribution is 6.31. The molecule has 170 valence electrons. The van der Waals surface area contributed by atoms with Gasteiger partial charge in [-0.2, -0.15) is 13.2 Å². The van der Waals surface area contributed by atoms with Crippen molar-refractivity contribution in [3.8, 4) is 0 Å². The second-order valence-electron chi connectivity index (χ2n) is 8.41. The van der Waals surface area contributed by atoms with Crippen molar-refractivity contribution in [3.63, 3.8) is 0 Å². The molecule has 1 fully saturated rings. The van der Waals surface area contributed by atoms with Crippen molar-refractivity contribution in [2.45, 2.75) is 58.5 Å². The first-order valence-corrected chi connectivity index (χ1v) is 10.6. The van der Waals surface area contributed by atoms with Gasteiger partial charge in [-0.3, -0.25) is 19.4 Å². The Hall–Kier alpha value is -2.54. The fraction of sp³-hybridized carbons (Fsp3) is 0.417. The number of aryl methyl sites for hydroxylation is 4. The highest BCUT2D eigenvalue weighted by Gasteiger charge is 2.43. The summed E-state index contributed by atoms with van der Waals surface area (Å²) in [5.41, 5.74) is 2.75. The molecule has 3 rings (SSSR count). The van der Waals surface area contributed by atoms with Gasteiger partial charge in [-0.25, -0.2) is 0 Å². The van der Waals surface area contributed by atoms with E-state index >= 15 is 0 Å². The van der Waals surface area contributed by atoms with E-state index in [2.05, 4.69) is 4.98 Å². The summed E-state index contributed by atoms with van der Waals surface area (Å²) in [6, 6.07) is 4.65. The third kappa shape index (κ3) is 5.09. The van der Waals surface area contributed by atoms with Crippen LogP contribution in [0.15, 0.2) is 24.4 Å². The number of benzene rings is 1. The predicted molar refractivity (Wildman–Crippen MR) is 114 cm³/mol. The maximum Gasteiger partial charge on any atom is 0.417 e. The molecule has 8 heteroatoms. The maximum absolute atomic E-state index is 13.0. The third-order valence-corrected chi connectivity index (χ3v) is 6.17. The monoisotopic (exact) mass is 465 g/mol. The van der Waals surface area contributed by atoms with Crippen LogP contribution in [0.3, 0.4) is 0 Å². The molecule has 0 N–H and O–H groups in total. The summed E-state index contributed by atoms with van der Waals surface area (Å²) in [5, 5.41) is -0.162. The van der Waals surface area contributed by atoms with E-state index in [0.717, 1.165) is 28.3 Å². The number of carbonyl (C=O) groups is 3. The van der Waals surface area contributed by atoms with Gasteiger partial charge in [0.05, 0.1) is 16.3 Å². The third-order valence-electron chi connectivity index (χ3n) is 5.84. The normalized spacial score (nSPS) is 19.0. The first-order valence-electron chi connectivity index (χ1n) is 10.3. The highest BCUT2D eigenvalue weighted by atomic mass is 35.5. The molecule has 2 unspecified atom stereocenters. The lowest BCUT2D eigenvalue weighted by molar-refractivity contribution is -0.138. The lowest BCUT2D eigenvalue weighted by Crippen LogP contribution is -2.19. The number of pyridine rings is 1. The van der Waals surface area contributed by atoms with Crippen molar-refractivity contribution in [1.29, 1.82) is 0 Å². The Morgan fingerprint density at radius 2 is 1.75 bits per heavy atom. The summed E-state index contributed by atoms with van der Waals surface area (Å²) >= 11 is 5.89. The van der Waals surface area contributed by atoms with Gasteiger partial charge < -0.3 is 0 Å². The average molecular weight is 466 g/mol. The molecule has 32 heavy (non-hydrogen) atoms. The summed E-state index contributed by atoms with van der Waals surface area (Å²) in [4.78, 5) is 41.8. The first-order chi connectivity index (χ1) is 14.9. The molecule has 0 amide bonds. The van der Waals surface area contributed by atoms with Crippen molar-refractivity contribution in [1.82, 2.24) is 4.98 Å². The average Bonchev–Trinajstić information content (AvgIpc) is 2.93. The number of alkyl halides is 3. The minimum absolute atomic E-state index is 0.0152. The molecule has 4 nitrogen and oxygen atoms in total. The quantitative estimate of drug-likeness (QED) is 0.527. The van der Waals surface area contributed by atoms with E-state index in [0.29, 0.717) is 6.20 Å². The van der Waals surface area contributed by atoms with Gasteiger partial charge in [-0.15, -0.1) is 0 Å². The van der Waals surface area contributed by atoms with Crippen LogP contribution in [-0.4, -0.2) is 22.3 Å². The lowest BCUT2D eigenvalue weighted by atomic mass is 9.86. The molecule has 0 saturated heterocycles. The van der Waals surface area contributed by atoms with E-state index in [9.17, 15) is 27.6 Å². The van der Waals surface area contributed by atoms with Crippen LogP contribution in [-0.2, 0) is 27.0 Å². The number of nitrogens with zero attached hydrogens (tertiary/aromatic N) is 1. The zero-order valence-corrected chi connectivity index (χ0v) is 18.7. The number of aromatic nitrogens is 1. The smallest absolute Gasteiger partial charge is 0.300 e. The summed E-state index contributed by atoms with van der Waals surface area (Å²) in [5.74, 6) is -2.22. The van der Waals surface area contributed by atoms with Crippen molar-refractivity contribution >= 4 is 29.0 Å². The van der Waals surface area contributed by atoms with Crippen molar-refractivity contribution < 1.29 is 27.6 Å². The second kappa shape index (κ2) is 9.14. The molecule has 0 aliphatic heterocycles. The summed E-state index contributed by atoms with van der Waals surface area (Å²) < 4.78 is 38.2. The van der Waals surface area contributed by atoms with E-state index < -0.39 is 23.6 Å². The molecule has 0 bridgehead atoms. The molecule has 0 spiro atoms. The molecule has 1 aromatic carbocycles. The van der Waals surface area contributed by atoms with Crippen LogP contribution in [0.2, 0.25) is 5.02 Å². The fourth-order valence-electron chi connectivity index (χ4n) is 4.42. The number of ketones is 3. The Bertz CT molecular complexity index is 1070. The van der Waals surface area contributed by atoms with Gasteiger partial charge in [0, 0.05) is 31.4 Å².